The molecule has 0 aliphatic carbocycles. The van der Waals surface area contributed by atoms with Gasteiger partial charge in [-0.1, -0.05) is 6.08 Å². The van der Waals surface area contributed by atoms with Crippen LogP contribution in [0.3, 0.4) is 0 Å². The van der Waals surface area contributed by atoms with Gasteiger partial charge >= 0.3 is 0 Å². The van der Waals surface area contributed by atoms with Crippen LogP contribution in [0.2, 0.25) is 0 Å². The normalized spacial score (nSPS) is 7.40. The van der Waals surface area contributed by atoms with Crippen molar-refractivity contribution < 1.29 is 5.11 Å². The summed E-state index contributed by atoms with van der Waals surface area (Å²) in [6.45, 7) is 3.44. The molecule has 0 aliphatic heterocycles. The van der Waals surface area contributed by atoms with Crippen LogP contribution in [0.4, 0.5) is 0 Å². The number of aliphatic hydroxyl groups is 1. The molecule has 29 valence electrons. The molecule has 1 N–H and O–H groups in total. The predicted molar refractivity (Wildman–Crippen MR) is 21.6 cm³/mol. The van der Waals surface area contributed by atoms with E-state index in [4.69, 9.17) is 5.11 Å². The summed E-state index contributed by atoms with van der Waals surface area (Å²) in [6, 6.07) is 0. The van der Waals surface area contributed by atoms with Crippen LogP contribution in [0.25, 0.3) is 0 Å². The first-order valence-corrected chi connectivity index (χ1v) is 1.47. The van der Waals surface area contributed by atoms with Crippen molar-refractivity contribution in [1.82, 2.24) is 0 Å². The van der Waals surface area contributed by atoms with Crippen molar-refractivity contribution in [2.24, 2.45) is 0 Å². The minimum Gasteiger partial charge on any atom is -0.396 e. The lowest BCUT2D eigenvalue weighted by Gasteiger charge is -1.72. The molecule has 0 atom stereocenters. The Hall–Kier alpha value is -0.300. The van der Waals surface area contributed by atoms with Crippen LogP contribution in [0.1, 0.15) is 0 Å². The highest BCUT2D eigenvalue weighted by Gasteiger charge is 1.63. The average Bonchev–Trinajstić information content (AvgIpc) is 1.41. The van der Waals surface area contributed by atoms with E-state index in [0.29, 0.717) is 0 Å². The Balaban J connectivity index is 2.40. The van der Waals surface area contributed by atoms with Gasteiger partial charge in [-0.15, -0.1) is 6.58 Å². The van der Waals surface area contributed by atoms with Crippen molar-refractivity contribution in [3.8, 4) is 0 Å². The monoisotopic (exact) mass is 71.0 g/mol. The summed E-state index contributed by atoms with van der Waals surface area (Å²) in [7, 11) is 0. The molecule has 0 rings (SSSR count). The summed E-state index contributed by atoms with van der Waals surface area (Å²) >= 11 is 0. The van der Waals surface area contributed by atoms with E-state index in [9.17, 15) is 0 Å². The topological polar surface area (TPSA) is 20.2 Å². The van der Waals surface area contributed by atoms with Crippen LogP contribution in [-0.2, 0) is 0 Å². The molecule has 0 unspecified atom stereocenters. The smallest absolute Gasteiger partial charge is 0.0500 e. The van der Waals surface area contributed by atoms with E-state index in [1.807, 2.05) is 0 Å². The van der Waals surface area contributed by atoms with Crippen LogP contribution in [0.15, 0.2) is 12.7 Å². The van der Waals surface area contributed by atoms with Gasteiger partial charge in [0.1, 0.15) is 0 Å². The van der Waals surface area contributed by atoms with Crippen LogP contribution in [-0.4, -0.2) is 11.7 Å². The molecule has 0 aromatic carbocycles. The molecule has 0 fully saturated rings. The average molecular weight is 71.1 g/mol. The Labute approximate surface area is 31.9 Å². The summed E-state index contributed by atoms with van der Waals surface area (Å²) < 4.78 is 0. The highest BCUT2D eigenvalue weighted by atomic mass is 16.2. The zero-order valence-corrected chi connectivity index (χ0v) is 3.02. The van der Waals surface area contributed by atoms with Crippen LogP contribution < -0.4 is 0 Å². The largest absolute Gasteiger partial charge is 0.396 e. The zero-order valence-electron chi connectivity index (χ0n) is 3.02. The molecule has 0 spiro atoms. The van der Waals surface area contributed by atoms with E-state index in [-0.39, 0.29) is 6.61 Å². The zero-order chi connectivity index (χ0) is 4.12. The lowest BCUT2D eigenvalue weighted by Crippen LogP contribution is -1.73. The summed E-state index contributed by atoms with van der Waals surface area (Å²) in [5.41, 5.74) is 0. The van der Waals surface area contributed by atoms with Gasteiger partial charge in [0.2, 0.25) is 0 Å². The van der Waals surface area contributed by atoms with Crippen molar-refractivity contribution in [2.45, 2.75) is 0 Å². The Morgan fingerprint density at radius 2 is 2.40 bits per heavy atom. The van der Waals surface area contributed by atoms with Gasteiger partial charge in [-0.2, -0.15) is 0 Å². The standard InChI is InChI=1S/C4H7O/c1-2-3-4-5/h2-3,5H,1,4H2. The van der Waals surface area contributed by atoms with Crippen LogP contribution >= 0.6 is 0 Å². The van der Waals surface area contributed by atoms with Crippen molar-refractivity contribution in [3.63, 3.8) is 0 Å². The predicted octanol–water partition coefficient (Wildman–Crippen LogP) is 0.369. The maximum atomic E-state index is 7.94. The molecule has 1 nitrogen and oxygen atoms in total. The van der Waals surface area contributed by atoms with E-state index in [1.165, 1.54) is 0 Å². The lowest BCUT2D eigenvalue weighted by molar-refractivity contribution is 0.332. The fourth-order valence-corrected chi connectivity index (χ4v) is 0.0745. The second kappa shape index (κ2) is 3.70. The molecule has 0 saturated carbocycles. The molecule has 0 heterocycles. The molecule has 1 heteroatoms. The lowest BCUT2D eigenvalue weighted by atomic mass is 10.5. The molecule has 5 heavy (non-hydrogen) atoms. The van der Waals surface area contributed by atoms with E-state index >= 15 is 0 Å². The maximum absolute atomic E-state index is 7.94. The van der Waals surface area contributed by atoms with Gasteiger partial charge in [0.15, 0.2) is 0 Å². The molecule has 0 aliphatic rings. The van der Waals surface area contributed by atoms with Gasteiger partial charge in [-0.3, -0.25) is 0 Å². The second-order valence-electron chi connectivity index (χ2n) is 0.654. The number of hydrogen-bond donors (Lipinski definition) is 1. The van der Waals surface area contributed by atoms with E-state index in [1.54, 1.807) is 12.5 Å². The Kier molecular flexibility index (Phi) is 3.48. The van der Waals surface area contributed by atoms with E-state index < -0.39 is 0 Å². The fourth-order valence-electron chi connectivity index (χ4n) is 0.0745. The van der Waals surface area contributed by atoms with Crippen molar-refractivity contribution in [3.05, 3.63) is 19.1 Å². The Morgan fingerprint density at radius 3 is 2.40 bits per heavy atom. The minimum absolute atomic E-state index is 0.101. The Bertz CT molecular complexity index is 24.8. The summed E-state index contributed by atoms with van der Waals surface area (Å²) in [4.78, 5) is 0. The third-order valence-electron chi connectivity index (χ3n) is 0.272. The summed E-state index contributed by atoms with van der Waals surface area (Å²) in [6.07, 6.45) is 3.12. The molecular weight excluding hydrogens is 64.0 g/mol. The molecule has 0 bridgehead atoms. The SMILES string of the molecule is C=C[CH]CO. The quantitative estimate of drug-likeness (QED) is 0.498. The third-order valence-corrected chi connectivity index (χ3v) is 0.272. The van der Waals surface area contributed by atoms with Crippen molar-refractivity contribution in [1.29, 1.82) is 0 Å². The minimum atomic E-state index is 0.101. The van der Waals surface area contributed by atoms with Gasteiger partial charge in [0, 0.05) is 13.0 Å². The maximum Gasteiger partial charge on any atom is 0.0500 e. The summed E-state index contributed by atoms with van der Waals surface area (Å²) in [5, 5.41) is 7.94. The van der Waals surface area contributed by atoms with Gasteiger partial charge < -0.3 is 5.11 Å². The third kappa shape index (κ3) is 3.70. The first kappa shape index (κ1) is 4.70. The highest BCUT2D eigenvalue weighted by molar-refractivity contribution is 4.84. The molecule has 1 radical (unpaired) electrons. The van der Waals surface area contributed by atoms with Gasteiger partial charge in [0.25, 0.3) is 0 Å². The Morgan fingerprint density at radius 1 is 1.80 bits per heavy atom. The van der Waals surface area contributed by atoms with Gasteiger partial charge in [-0.05, 0) is 0 Å². The van der Waals surface area contributed by atoms with Crippen molar-refractivity contribution in [2.75, 3.05) is 6.61 Å². The molecular formula is C4H7O. The van der Waals surface area contributed by atoms with Crippen molar-refractivity contribution >= 4 is 0 Å². The van der Waals surface area contributed by atoms with Crippen LogP contribution in [0, 0.1) is 6.42 Å². The number of hydrogen-bond acceptors (Lipinski definition) is 1. The van der Waals surface area contributed by atoms with Gasteiger partial charge in [0.05, 0.1) is 0 Å². The first-order chi connectivity index (χ1) is 2.41. The van der Waals surface area contributed by atoms with Gasteiger partial charge in [-0.25, -0.2) is 0 Å². The highest BCUT2D eigenvalue weighted by Crippen LogP contribution is 1.67. The summed E-state index contributed by atoms with van der Waals surface area (Å²) in [5.74, 6) is 0. The molecule has 0 amide bonds. The number of aliphatic hydroxyl groups excluding tert-OH is 1. The first-order valence-electron chi connectivity index (χ1n) is 1.47. The van der Waals surface area contributed by atoms with Crippen LogP contribution in [0.5, 0.6) is 0 Å². The molecule has 0 saturated heterocycles. The molecule has 0 aromatic heterocycles. The fraction of sp³-hybridized carbons (Fsp3) is 0.250. The number of rotatable bonds is 2. The van der Waals surface area contributed by atoms with E-state index in [2.05, 4.69) is 6.58 Å². The molecule has 0 aromatic rings. The second-order valence-corrected chi connectivity index (χ2v) is 0.654. The van der Waals surface area contributed by atoms with E-state index in [0.717, 1.165) is 0 Å².